The summed E-state index contributed by atoms with van der Waals surface area (Å²) in [6.07, 6.45) is 1.31. The van der Waals surface area contributed by atoms with Crippen LogP contribution in [-0.4, -0.2) is 25.3 Å². The highest BCUT2D eigenvalue weighted by molar-refractivity contribution is 5.92. The molecule has 0 aliphatic rings. The Labute approximate surface area is 142 Å². The van der Waals surface area contributed by atoms with E-state index in [1.54, 1.807) is 13.0 Å². The summed E-state index contributed by atoms with van der Waals surface area (Å²) in [5.41, 5.74) is 1.64. The van der Waals surface area contributed by atoms with E-state index in [4.69, 9.17) is 4.84 Å². The van der Waals surface area contributed by atoms with E-state index in [0.717, 1.165) is 0 Å². The summed E-state index contributed by atoms with van der Waals surface area (Å²) in [6, 6.07) is 9.76. The predicted octanol–water partition coefficient (Wildman–Crippen LogP) is 3.72. The smallest absolute Gasteiger partial charge is 0.387 e. The van der Waals surface area contributed by atoms with Gasteiger partial charge in [-0.2, -0.15) is 8.78 Å². The van der Waals surface area contributed by atoms with Gasteiger partial charge in [-0.1, -0.05) is 11.2 Å². The largest absolute Gasteiger partial charge is 0.435 e. The van der Waals surface area contributed by atoms with Gasteiger partial charge in [-0.3, -0.25) is 4.79 Å². The SMILES string of the molecule is Cc1ccc(F)cc1NC(=O)CO/N=C/c1ccc(OC(F)F)cc1. The number of anilines is 1. The molecular weight excluding hydrogens is 337 g/mol. The number of hydrogen-bond acceptors (Lipinski definition) is 4. The summed E-state index contributed by atoms with van der Waals surface area (Å²) < 4.78 is 41.4. The van der Waals surface area contributed by atoms with Crippen molar-refractivity contribution in [3.8, 4) is 5.75 Å². The summed E-state index contributed by atoms with van der Waals surface area (Å²) >= 11 is 0. The second kappa shape index (κ2) is 8.72. The monoisotopic (exact) mass is 352 g/mol. The van der Waals surface area contributed by atoms with Crippen molar-refractivity contribution >= 4 is 17.8 Å². The van der Waals surface area contributed by atoms with Crippen molar-refractivity contribution in [3.05, 3.63) is 59.4 Å². The quantitative estimate of drug-likeness (QED) is 0.610. The molecule has 1 N–H and O–H groups in total. The lowest BCUT2D eigenvalue weighted by molar-refractivity contribution is -0.120. The average molecular weight is 352 g/mol. The van der Waals surface area contributed by atoms with E-state index in [1.807, 2.05) is 0 Å². The van der Waals surface area contributed by atoms with Crippen LogP contribution >= 0.6 is 0 Å². The Bertz CT molecular complexity index is 749. The summed E-state index contributed by atoms with van der Waals surface area (Å²) in [6.45, 7) is -1.52. The average Bonchev–Trinajstić information content (AvgIpc) is 2.56. The van der Waals surface area contributed by atoms with Crippen molar-refractivity contribution in [1.29, 1.82) is 0 Å². The van der Waals surface area contributed by atoms with Crippen LogP contribution in [0.3, 0.4) is 0 Å². The molecule has 2 aromatic rings. The Morgan fingerprint density at radius 3 is 2.64 bits per heavy atom. The number of carbonyl (C=O) groups is 1. The molecule has 0 aliphatic heterocycles. The number of ether oxygens (including phenoxy) is 1. The first-order valence-corrected chi connectivity index (χ1v) is 7.20. The Morgan fingerprint density at radius 1 is 1.24 bits per heavy atom. The van der Waals surface area contributed by atoms with E-state index in [9.17, 15) is 18.0 Å². The van der Waals surface area contributed by atoms with Crippen LogP contribution in [0.2, 0.25) is 0 Å². The summed E-state index contributed by atoms with van der Waals surface area (Å²) in [4.78, 5) is 16.6. The molecule has 0 bridgehead atoms. The minimum Gasteiger partial charge on any atom is -0.435 e. The molecule has 0 saturated heterocycles. The van der Waals surface area contributed by atoms with Gasteiger partial charge >= 0.3 is 6.61 Å². The number of halogens is 3. The number of amides is 1. The number of nitrogens with zero attached hydrogens (tertiary/aromatic N) is 1. The normalized spacial score (nSPS) is 10.9. The number of nitrogens with one attached hydrogen (secondary N) is 1. The molecule has 0 fully saturated rings. The van der Waals surface area contributed by atoms with Crippen LogP contribution in [0.5, 0.6) is 5.75 Å². The van der Waals surface area contributed by atoms with Gasteiger partial charge in [0.25, 0.3) is 5.91 Å². The molecule has 2 rings (SSSR count). The molecule has 25 heavy (non-hydrogen) atoms. The molecule has 132 valence electrons. The number of hydrogen-bond donors (Lipinski definition) is 1. The fourth-order valence-electron chi connectivity index (χ4n) is 1.84. The fourth-order valence-corrected chi connectivity index (χ4v) is 1.84. The lowest BCUT2D eigenvalue weighted by Gasteiger charge is -2.07. The topological polar surface area (TPSA) is 59.9 Å². The van der Waals surface area contributed by atoms with Crippen molar-refractivity contribution in [2.45, 2.75) is 13.5 Å². The van der Waals surface area contributed by atoms with Gasteiger partial charge in [0.1, 0.15) is 11.6 Å². The van der Waals surface area contributed by atoms with Gasteiger partial charge < -0.3 is 14.9 Å². The first-order valence-electron chi connectivity index (χ1n) is 7.20. The van der Waals surface area contributed by atoms with Crippen LogP contribution in [0.25, 0.3) is 0 Å². The minimum atomic E-state index is -2.89. The van der Waals surface area contributed by atoms with Crippen LogP contribution in [0, 0.1) is 12.7 Å². The third-order valence-corrected chi connectivity index (χ3v) is 3.05. The number of oxime groups is 1. The first-order chi connectivity index (χ1) is 11.9. The van der Waals surface area contributed by atoms with Crippen molar-refractivity contribution in [2.24, 2.45) is 5.16 Å². The highest BCUT2D eigenvalue weighted by atomic mass is 19.3. The van der Waals surface area contributed by atoms with Gasteiger partial charge in [0.2, 0.25) is 0 Å². The van der Waals surface area contributed by atoms with Crippen molar-refractivity contribution in [3.63, 3.8) is 0 Å². The summed E-state index contributed by atoms with van der Waals surface area (Å²) in [5.74, 6) is -0.927. The van der Waals surface area contributed by atoms with E-state index in [1.165, 1.54) is 42.6 Å². The number of benzene rings is 2. The Kier molecular flexibility index (Phi) is 6.39. The van der Waals surface area contributed by atoms with E-state index >= 15 is 0 Å². The third-order valence-electron chi connectivity index (χ3n) is 3.05. The van der Waals surface area contributed by atoms with Crippen molar-refractivity contribution in [1.82, 2.24) is 0 Å². The molecule has 0 saturated carbocycles. The third kappa shape index (κ3) is 6.17. The molecule has 0 aromatic heterocycles. The van der Waals surface area contributed by atoms with E-state index in [2.05, 4.69) is 15.2 Å². The molecule has 0 atom stereocenters. The van der Waals surface area contributed by atoms with Crippen molar-refractivity contribution in [2.75, 3.05) is 11.9 Å². The standard InChI is InChI=1S/C17H15F3N2O3/c1-11-2-5-13(18)8-15(11)22-16(23)10-24-21-9-12-3-6-14(7-4-12)25-17(19)20/h2-9,17H,10H2,1H3,(H,22,23)/b21-9+. The molecule has 0 spiro atoms. The van der Waals surface area contributed by atoms with Gasteiger partial charge in [0, 0.05) is 5.69 Å². The van der Waals surface area contributed by atoms with E-state index < -0.39 is 18.3 Å². The van der Waals surface area contributed by atoms with Crippen LogP contribution in [-0.2, 0) is 9.63 Å². The van der Waals surface area contributed by atoms with Crippen LogP contribution in [0.1, 0.15) is 11.1 Å². The van der Waals surface area contributed by atoms with Crippen molar-refractivity contribution < 1.29 is 27.5 Å². The number of carbonyl (C=O) groups excluding carboxylic acids is 1. The zero-order valence-corrected chi connectivity index (χ0v) is 13.2. The molecule has 0 heterocycles. The maximum Gasteiger partial charge on any atom is 0.387 e. The minimum absolute atomic E-state index is 0.0258. The van der Waals surface area contributed by atoms with E-state index in [-0.39, 0.29) is 12.4 Å². The Balaban J connectivity index is 1.80. The van der Waals surface area contributed by atoms with Gasteiger partial charge in [0.15, 0.2) is 6.61 Å². The lowest BCUT2D eigenvalue weighted by Crippen LogP contribution is -2.17. The lowest BCUT2D eigenvalue weighted by atomic mass is 10.2. The molecule has 0 unspecified atom stereocenters. The first kappa shape index (κ1) is 18.3. The van der Waals surface area contributed by atoms with Gasteiger partial charge in [-0.05, 0) is 54.4 Å². The number of alkyl halides is 2. The molecule has 1 amide bonds. The van der Waals surface area contributed by atoms with Crippen LogP contribution in [0.15, 0.2) is 47.6 Å². The molecule has 5 nitrogen and oxygen atoms in total. The Hall–Kier alpha value is -3.03. The summed E-state index contributed by atoms with van der Waals surface area (Å²) in [7, 11) is 0. The maximum absolute atomic E-state index is 13.1. The van der Waals surface area contributed by atoms with E-state index in [0.29, 0.717) is 16.8 Å². The number of aryl methyl sites for hydroxylation is 1. The highest BCUT2D eigenvalue weighted by Crippen LogP contribution is 2.16. The predicted molar refractivity (Wildman–Crippen MR) is 86.4 cm³/mol. The second-order valence-electron chi connectivity index (χ2n) is 4.96. The number of rotatable bonds is 7. The molecular formula is C17H15F3N2O3. The molecule has 0 radical (unpaired) electrons. The van der Waals surface area contributed by atoms with Crippen LogP contribution < -0.4 is 10.1 Å². The molecule has 8 heteroatoms. The Morgan fingerprint density at radius 2 is 1.96 bits per heavy atom. The molecule has 0 aliphatic carbocycles. The maximum atomic E-state index is 13.1. The molecule has 2 aromatic carbocycles. The van der Waals surface area contributed by atoms with Gasteiger partial charge in [0.05, 0.1) is 6.21 Å². The second-order valence-corrected chi connectivity index (χ2v) is 4.96. The summed E-state index contributed by atoms with van der Waals surface area (Å²) in [5, 5.41) is 6.11. The zero-order valence-electron chi connectivity index (χ0n) is 13.2. The highest BCUT2D eigenvalue weighted by Gasteiger charge is 2.06. The zero-order chi connectivity index (χ0) is 18.2. The fraction of sp³-hybridized carbons (Fsp3) is 0.176. The van der Waals surface area contributed by atoms with Gasteiger partial charge in [-0.15, -0.1) is 0 Å². The van der Waals surface area contributed by atoms with Crippen LogP contribution in [0.4, 0.5) is 18.9 Å². The van der Waals surface area contributed by atoms with Gasteiger partial charge in [-0.25, -0.2) is 4.39 Å².